The largest absolute Gasteiger partial charge is 0.478 e. The molecule has 28 heavy (non-hydrogen) atoms. The highest BCUT2D eigenvalue weighted by atomic mass is 16.4. The lowest BCUT2D eigenvalue weighted by atomic mass is 9.44. The molecule has 4 saturated carbocycles. The summed E-state index contributed by atoms with van der Waals surface area (Å²) in [5.74, 6) is 0.779. The van der Waals surface area contributed by atoms with Gasteiger partial charge in [0.25, 0.3) is 0 Å². The lowest BCUT2D eigenvalue weighted by Gasteiger charge is -2.60. The Labute approximate surface area is 164 Å². The minimum absolute atomic E-state index is 0.186. The molecular weight excluding hydrogens is 352 g/mol. The lowest BCUT2D eigenvalue weighted by molar-refractivity contribution is -0.0256. The Kier molecular flexibility index (Phi) is 3.87. The Morgan fingerprint density at radius 1 is 0.750 bits per heavy atom. The number of benzene rings is 2. The van der Waals surface area contributed by atoms with Gasteiger partial charge >= 0.3 is 11.9 Å². The van der Waals surface area contributed by atoms with E-state index in [4.69, 9.17) is 5.11 Å². The van der Waals surface area contributed by atoms with Gasteiger partial charge in [-0.3, -0.25) is 0 Å². The smallest absolute Gasteiger partial charge is 0.335 e. The Hall–Kier alpha value is -2.62. The highest BCUT2D eigenvalue weighted by Crippen LogP contribution is 2.65. The van der Waals surface area contributed by atoms with Crippen LogP contribution >= 0.6 is 0 Å². The minimum Gasteiger partial charge on any atom is -0.478 e. The highest BCUT2D eigenvalue weighted by Gasteiger charge is 2.56. The van der Waals surface area contributed by atoms with Gasteiger partial charge in [-0.1, -0.05) is 24.3 Å². The molecule has 0 amide bonds. The fourth-order valence-corrected chi connectivity index (χ4v) is 6.74. The van der Waals surface area contributed by atoms with Crippen LogP contribution in [0.5, 0.6) is 0 Å². The molecule has 0 aromatic heterocycles. The summed E-state index contributed by atoms with van der Waals surface area (Å²) in [5.41, 5.74) is 3.48. The Morgan fingerprint density at radius 3 is 1.75 bits per heavy atom. The molecule has 4 nitrogen and oxygen atoms in total. The molecule has 2 N–H and O–H groups in total. The first-order chi connectivity index (χ1) is 13.4. The minimum atomic E-state index is -0.875. The third kappa shape index (κ3) is 2.66. The van der Waals surface area contributed by atoms with Gasteiger partial charge in [0.05, 0.1) is 11.1 Å². The summed E-state index contributed by atoms with van der Waals surface area (Å²) in [7, 11) is 0. The number of carboxylic acid groups (broad SMARTS) is 2. The summed E-state index contributed by atoms with van der Waals surface area (Å²) in [5, 5.41) is 18.4. The first kappa shape index (κ1) is 17.5. The first-order valence-electron chi connectivity index (χ1n) is 10.1. The molecule has 5 atom stereocenters. The van der Waals surface area contributed by atoms with Gasteiger partial charge in [-0.25, -0.2) is 9.59 Å². The maximum absolute atomic E-state index is 11.2. The van der Waals surface area contributed by atoms with Crippen molar-refractivity contribution in [2.24, 2.45) is 17.8 Å². The monoisotopic (exact) mass is 376 g/mol. The van der Waals surface area contributed by atoms with E-state index in [1.54, 1.807) is 24.3 Å². The van der Waals surface area contributed by atoms with Crippen LogP contribution in [0, 0.1) is 17.8 Å². The van der Waals surface area contributed by atoms with Gasteiger partial charge in [0.1, 0.15) is 0 Å². The molecule has 3 unspecified atom stereocenters. The topological polar surface area (TPSA) is 74.6 Å². The summed E-state index contributed by atoms with van der Waals surface area (Å²) in [6, 6.07) is 15.1. The van der Waals surface area contributed by atoms with Crippen molar-refractivity contribution >= 4 is 11.9 Å². The standard InChI is InChI=1S/C24H24O4/c25-22(26)16-3-1-15(2-4-16)21-18-9-14-10-19(21)13-24(11-14,12-18)20-7-5-17(6-8-20)23(27)28/h1-8,14,18-19,21H,9-13H2,(H,25,26)(H,27,28)/t14?,18-,19+,21?,24?. The van der Waals surface area contributed by atoms with Crippen molar-refractivity contribution in [2.45, 2.75) is 43.4 Å². The predicted octanol–water partition coefficient (Wildman–Crippen LogP) is 4.94. The number of aromatic carboxylic acids is 2. The zero-order chi connectivity index (χ0) is 19.5. The van der Waals surface area contributed by atoms with Crippen molar-refractivity contribution in [1.82, 2.24) is 0 Å². The van der Waals surface area contributed by atoms with Crippen molar-refractivity contribution in [3.63, 3.8) is 0 Å². The average molecular weight is 376 g/mol. The SMILES string of the molecule is O=C(O)c1ccc(C2[C@@H]3CC4C[C@H]2CC(c2ccc(C(=O)O)cc2)(C4)C3)cc1. The number of rotatable bonds is 4. The van der Waals surface area contributed by atoms with Gasteiger partial charge in [-0.05, 0) is 96.6 Å². The van der Waals surface area contributed by atoms with Gasteiger partial charge in [-0.2, -0.15) is 0 Å². The molecule has 144 valence electrons. The molecule has 4 heteroatoms. The number of carboxylic acids is 2. The van der Waals surface area contributed by atoms with Crippen LogP contribution in [0.1, 0.15) is 69.9 Å². The lowest BCUT2D eigenvalue weighted by Crippen LogP contribution is -2.52. The summed E-state index contributed by atoms with van der Waals surface area (Å²) in [6.45, 7) is 0. The Morgan fingerprint density at radius 2 is 1.25 bits per heavy atom. The predicted molar refractivity (Wildman–Crippen MR) is 105 cm³/mol. The molecule has 2 aromatic carbocycles. The third-order valence-electron chi connectivity index (χ3n) is 7.56. The number of carbonyl (C=O) groups is 2. The van der Waals surface area contributed by atoms with E-state index in [1.165, 1.54) is 30.4 Å². The van der Waals surface area contributed by atoms with Gasteiger partial charge in [0.2, 0.25) is 0 Å². The number of hydrogen-bond acceptors (Lipinski definition) is 2. The van der Waals surface area contributed by atoms with Crippen LogP contribution in [0.25, 0.3) is 0 Å². The quantitative estimate of drug-likeness (QED) is 0.792. The second-order valence-corrected chi connectivity index (χ2v) is 9.09. The normalized spacial score (nSPS) is 33.0. The van der Waals surface area contributed by atoms with Gasteiger partial charge in [0, 0.05) is 0 Å². The van der Waals surface area contributed by atoms with Crippen LogP contribution in [-0.4, -0.2) is 22.2 Å². The second kappa shape index (κ2) is 6.20. The molecular formula is C24H24O4. The molecule has 0 saturated heterocycles. The van der Waals surface area contributed by atoms with Crippen LogP contribution in [0.2, 0.25) is 0 Å². The van der Waals surface area contributed by atoms with E-state index in [-0.39, 0.29) is 5.41 Å². The van der Waals surface area contributed by atoms with E-state index in [0.717, 1.165) is 18.8 Å². The Balaban J connectivity index is 1.45. The molecule has 2 aromatic rings. The van der Waals surface area contributed by atoms with Crippen LogP contribution in [-0.2, 0) is 5.41 Å². The molecule has 0 radical (unpaired) electrons. The maximum Gasteiger partial charge on any atom is 0.335 e. The molecule has 0 aliphatic heterocycles. The van der Waals surface area contributed by atoms with Crippen molar-refractivity contribution in [3.05, 3.63) is 70.8 Å². The Bertz CT molecular complexity index is 912. The van der Waals surface area contributed by atoms with Crippen LogP contribution < -0.4 is 0 Å². The third-order valence-corrected chi connectivity index (χ3v) is 7.56. The second-order valence-electron chi connectivity index (χ2n) is 9.09. The van der Waals surface area contributed by atoms with Gasteiger partial charge < -0.3 is 10.2 Å². The summed E-state index contributed by atoms with van der Waals surface area (Å²) >= 11 is 0. The molecule has 4 aliphatic carbocycles. The van der Waals surface area contributed by atoms with Crippen LogP contribution in [0.15, 0.2) is 48.5 Å². The highest BCUT2D eigenvalue weighted by molar-refractivity contribution is 5.88. The zero-order valence-electron chi connectivity index (χ0n) is 15.7. The van der Waals surface area contributed by atoms with Crippen molar-refractivity contribution < 1.29 is 19.8 Å². The zero-order valence-corrected chi connectivity index (χ0v) is 15.7. The molecule has 6 rings (SSSR count). The molecule has 0 heterocycles. The fraction of sp³-hybridized carbons (Fsp3) is 0.417. The van der Waals surface area contributed by atoms with Gasteiger partial charge in [-0.15, -0.1) is 0 Å². The average Bonchev–Trinajstić information content (AvgIpc) is 2.67. The maximum atomic E-state index is 11.2. The van der Waals surface area contributed by atoms with E-state index < -0.39 is 11.9 Å². The molecule has 4 bridgehead atoms. The van der Waals surface area contributed by atoms with Crippen LogP contribution in [0.4, 0.5) is 0 Å². The summed E-state index contributed by atoms with van der Waals surface area (Å²) < 4.78 is 0. The van der Waals surface area contributed by atoms with Crippen LogP contribution in [0.3, 0.4) is 0 Å². The molecule has 4 fully saturated rings. The van der Waals surface area contributed by atoms with Gasteiger partial charge in [0.15, 0.2) is 0 Å². The van der Waals surface area contributed by atoms with E-state index in [9.17, 15) is 14.7 Å². The molecule has 0 spiro atoms. The first-order valence-corrected chi connectivity index (χ1v) is 10.1. The van der Waals surface area contributed by atoms with Crippen molar-refractivity contribution in [2.75, 3.05) is 0 Å². The summed E-state index contributed by atoms with van der Waals surface area (Å²) in [4.78, 5) is 22.4. The van der Waals surface area contributed by atoms with E-state index in [1.807, 2.05) is 24.3 Å². The number of hydrogen-bond donors (Lipinski definition) is 2. The summed E-state index contributed by atoms with van der Waals surface area (Å²) in [6.07, 6.45) is 6.04. The van der Waals surface area contributed by atoms with E-state index in [2.05, 4.69) is 0 Å². The molecule has 4 aliphatic rings. The van der Waals surface area contributed by atoms with Crippen molar-refractivity contribution in [1.29, 1.82) is 0 Å². The van der Waals surface area contributed by atoms with Crippen molar-refractivity contribution in [3.8, 4) is 0 Å². The van der Waals surface area contributed by atoms with E-state index >= 15 is 0 Å². The van der Waals surface area contributed by atoms with E-state index in [0.29, 0.717) is 28.9 Å². The fourth-order valence-electron chi connectivity index (χ4n) is 6.74.